The molecule has 3 atom stereocenters. The van der Waals surface area contributed by atoms with E-state index in [1.54, 1.807) is 38.1 Å². The standard InChI is InChI=1S/C28H33FN4O5/c1-17(34)38-25(15-19(26(30)35)11-12-28(2,3)37)23(14-18-7-6-8-20(29)13-18)33-27(36)24-16-31-21-9-4-5-10-22(21)32-24/h4-10,13,16,19,23,25,37H,11-12,14-15H2,1-3H3,(H2,30,35)(H,33,36)/t19-,23+,25+/m1/s1. The van der Waals surface area contributed by atoms with E-state index >= 15 is 0 Å². The molecular formula is C28H33FN4O5. The highest BCUT2D eigenvalue weighted by Crippen LogP contribution is 2.24. The summed E-state index contributed by atoms with van der Waals surface area (Å²) in [5, 5.41) is 13.0. The highest BCUT2D eigenvalue weighted by atomic mass is 19.1. The third-order valence-electron chi connectivity index (χ3n) is 6.13. The van der Waals surface area contributed by atoms with Crippen LogP contribution in [0.25, 0.3) is 11.0 Å². The minimum Gasteiger partial charge on any atom is -0.460 e. The van der Waals surface area contributed by atoms with Crippen molar-refractivity contribution in [3.63, 3.8) is 0 Å². The summed E-state index contributed by atoms with van der Waals surface area (Å²) in [6.07, 6.45) is 0.975. The Morgan fingerprint density at radius 1 is 1.13 bits per heavy atom. The lowest BCUT2D eigenvalue weighted by Gasteiger charge is -2.30. The number of nitrogens with two attached hydrogens (primary N) is 1. The van der Waals surface area contributed by atoms with Gasteiger partial charge < -0.3 is 20.9 Å². The van der Waals surface area contributed by atoms with Gasteiger partial charge >= 0.3 is 5.97 Å². The Kier molecular flexibility index (Phi) is 9.46. The van der Waals surface area contributed by atoms with Crippen molar-refractivity contribution in [1.29, 1.82) is 0 Å². The molecule has 4 N–H and O–H groups in total. The summed E-state index contributed by atoms with van der Waals surface area (Å²) in [7, 11) is 0. The highest BCUT2D eigenvalue weighted by molar-refractivity contribution is 5.94. The number of halogens is 1. The number of esters is 1. The number of amides is 2. The molecule has 0 aliphatic carbocycles. The minimum atomic E-state index is -1.03. The van der Waals surface area contributed by atoms with Crippen molar-refractivity contribution in [2.45, 2.75) is 64.2 Å². The zero-order valence-corrected chi connectivity index (χ0v) is 21.7. The first kappa shape index (κ1) is 28.6. The molecule has 0 fully saturated rings. The van der Waals surface area contributed by atoms with Crippen molar-refractivity contribution in [2.24, 2.45) is 11.7 Å². The second-order valence-electron chi connectivity index (χ2n) is 9.99. The van der Waals surface area contributed by atoms with Crippen LogP contribution in [0.4, 0.5) is 4.39 Å². The number of para-hydroxylation sites is 2. The van der Waals surface area contributed by atoms with E-state index in [0.29, 0.717) is 16.6 Å². The Balaban J connectivity index is 1.93. The van der Waals surface area contributed by atoms with Gasteiger partial charge in [-0.2, -0.15) is 0 Å². The van der Waals surface area contributed by atoms with Crippen LogP contribution in [0.15, 0.2) is 54.7 Å². The molecule has 0 bridgehead atoms. The number of hydrogen-bond acceptors (Lipinski definition) is 7. The Morgan fingerprint density at radius 2 is 1.84 bits per heavy atom. The zero-order valence-electron chi connectivity index (χ0n) is 21.7. The van der Waals surface area contributed by atoms with E-state index in [2.05, 4.69) is 15.3 Å². The summed E-state index contributed by atoms with van der Waals surface area (Å²) < 4.78 is 19.5. The number of ether oxygens (including phenoxy) is 1. The molecule has 1 aromatic heterocycles. The largest absolute Gasteiger partial charge is 0.460 e. The number of carbonyl (C=O) groups excluding carboxylic acids is 3. The van der Waals surface area contributed by atoms with Gasteiger partial charge in [0.15, 0.2) is 0 Å². The normalized spacial score (nSPS) is 13.9. The smallest absolute Gasteiger partial charge is 0.302 e. The number of primary amides is 1. The number of hydrogen-bond donors (Lipinski definition) is 3. The minimum absolute atomic E-state index is 0.00530. The fourth-order valence-corrected chi connectivity index (χ4v) is 4.19. The van der Waals surface area contributed by atoms with Crippen molar-refractivity contribution in [2.75, 3.05) is 0 Å². The molecule has 38 heavy (non-hydrogen) atoms. The Hall–Kier alpha value is -3.92. The van der Waals surface area contributed by atoms with Gasteiger partial charge in [0.25, 0.3) is 5.91 Å². The molecule has 0 radical (unpaired) electrons. The lowest BCUT2D eigenvalue weighted by atomic mass is 9.87. The van der Waals surface area contributed by atoms with Crippen LogP contribution in [0.5, 0.6) is 0 Å². The van der Waals surface area contributed by atoms with E-state index in [1.807, 2.05) is 6.07 Å². The first-order valence-electron chi connectivity index (χ1n) is 12.4. The van der Waals surface area contributed by atoms with Crippen molar-refractivity contribution in [1.82, 2.24) is 15.3 Å². The van der Waals surface area contributed by atoms with Gasteiger partial charge in [-0.05, 0) is 69.4 Å². The van der Waals surface area contributed by atoms with Crippen molar-refractivity contribution >= 4 is 28.8 Å². The molecule has 0 spiro atoms. The van der Waals surface area contributed by atoms with E-state index in [1.165, 1.54) is 31.3 Å². The maximum Gasteiger partial charge on any atom is 0.302 e. The third kappa shape index (κ3) is 8.58. The summed E-state index contributed by atoms with van der Waals surface area (Å²) in [5.74, 6) is -3.03. The van der Waals surface area contributed by atoms with Crippen LogP contribution in [0.1, 0.15) is 56.1 Å². The van der Waals surface area contributed by atoms with Gasteiger partial charge in [-0.3, -0.25) is 19.4 Å². The summed E-state index contributed by atoms with van der Waals surface area (Å²) in [6, 6.07) is 12.1. The van der Waals surface area contributed by atoms with Crippen molar-refractivity contribution < 1.29 is 28.6 Å². The molecule has 2 aromatic carbocycles. The summed E-state index contributed by atoms with van der Waals surface area (Å²) in [4.78, 5) is 46.3. The predicted molar refractivity (Wildman–Crippen MR) is 139 cm³/mol. The Bertz CT molecular complexity index is 1290. The van der Waals surface area contributed by atoms with Crippen molar-refractivity contribution in [3.05, 3.63) is 71.8 Å². The van der Waals surface area contributed by atoms with E-state index in [4.69, 9.17) is 10.5 Å². The Morgan fingerprint density at radius 3 is 2.47 bits per heavy atom. The highest BCUT2D eigenvalue weighted by Gasteiger charge is 2.32. The van der Waals surface area contributed by atoms with Crippen LogP contribution in [0.2, 0.25) is 0 Å². The number of benzene rings is 2. The van der Waals surface area contributed by atoms with Gasteiger partial charge in [0.1, 0.15) is 17.6 Å². The second kappa shape index (κ2) is 12.6. The predicted octanol–water partition coefficient (Wildman–Crippen LogP) is 3.08. The number of nitrogens with one attached hydrogen (secondary N) is 1. The molecule has 3 rings (SSSR count). The molecule has 0 aliphatic rings. The van der Waals surface area contributed by atoms with Crippen LogP contribution in [-0.2, 0) is 20.7 Å². The first-order chi connectivity index (χ1) is 17.9. The van der Waals surface area contributed by atoms with Crippen LogP contribution >= 0.6 is 0 Å². The lowest BCUT2D eigenvalue weighted by molar-refractivity contribution is -0.149. The zero-order chi connectivity index (χ0) is 27.9. The van der Waals surface area contributed by atoms with Crippen molar-refractivity contribution in [3.8, 4) is 0 Å². The number of aliphatic hydroxyl groups is 1. The van der Waals surface area contributed by atoms with Crippen LogP contribution in [0, 0.1) is 11.7 Å². The van der Waals surface area contributed by atoms with Gasteiger partial charge in [-0.1, -0.05) is 24.3 Å². The second-order valence-corrected chi connectivity index (χ2v) is 9.99. The molecular weight excluding hydrogens is 491 g/mol. The molecule has 0 saturated carbocycles. The fraction of sp³-hybridized carbons (Fsp3) is 0.393. The summed E-state index contributed by atoms with van der Waals surface area (Å²) >= 11 is 0. The maximum absolute atomic E-state index is 14.0. The molecule has 3 aromatic rings. The number of rotatable bonds is 12. The lowest BCUT2D eigenvalue weighted by Crippen LogP contribution is -2.48. The fourth-order valence-electron chi connectivity index (χ4n) is 4.19. The first-order valence-corrected chi connectivity index (χ1v) is 12.4. The number of nitrogens with zero attached hydrogens (tertiary/aromatic N) is 2. The quantitative estimate of drug-likeness (QED) is 0.309. The average Bonchev–Trinajstić information content (AvgIpc) is 2.84. The van der Waals surface area contributed by atoms with Crippen LogP contribution in [-0.4, -0.2) is 50.6 Å². The molecule has 0 unspecified atom stereocenters. The molecule has 9 nitrogen and oxygen atoms in total. The summed E-state index contributed by atoms with van der Waals surface area (Å²) in [6.45, 7) is 4.46. The molecule has 202 valence electrons. The van der Waals surface area contributed by atoms with Gasteiger partial charge in [-0.25, -0.2) is 9.37 Å². The number of carbonyl (C=O) groups is 3. The van der Waals surface area contributed by atoms with E-state index < -0.39 is 47.3 Å². The Labute approximate surface area is 220 Å². The topological polar surface area (TPSA) is 144 Å². The van der Waals surface area contributed by atoms with E-state index in [-0.39, 0.29) is 31.4 Å². The third-order valence-corrected chi connectivity index (χ3v) is 6.13. The molecule has 1 heterocycles. The molecule has 0 aliphatic heterocycles. The average molecular weight is 525 g/mol. The van der Waals surface area contributed by atoms with Crippen LogP contribution < -0.4 is 11.1 Å². The van der Waals surface area contributed by atoms with Gasteiger partial charge in [0, 0.05) is 12.8 Å². The molecule has 0 saturated heterocycles. The molecule has 10 heteroatoms. The maximum atomic E-state index is 14.0. The SMILES string of the molecule is CC(=O)O[C@@H](C[C@@H](CCC(C)(C)O)C(N)=O)[C@H](Cc1cccc(F)c1)NC(=O)c1cnc2ccccc2n1. The summed E-state index contributed by atoms with van der Waals surface area (Å²) in [5.41, 5.74) is 6.35. The number of aromatic nitrogens is 2. The molecule has 2 amide bonds. The van der Waals surface area contributed by atoms with E-state index in [9.17, 15) is 23.9 Å². The number of fused-ring (bicyclic) bond motifs is 1. The monoisotopic (exact) mass is 524 g/mol. The van der Waals surface area contributed by atoms with Gasteiger partial charge in [-0.15, -0.1) is 0 Å². The van der Waals surface area contributed by atoms with Crippen LogP contribution in [0.3, 0.4) is 0 Å². The van der Waals surface area contributed by atoms with Gasteiger partial charge in [0.2, 0.25) is 5.91 Å². The van der Waals surface area contributed by atoms with Gasteiger partial charge in [0.05, 0.1) is 28.9 Å². The van der Waals surface area contributed by atoms with E-state index in [0.717, 1.165) is 0 Å².